The summed E-state index contributed by atoms with van der Waals surface area (Å²) in [4.78, 5) is 12.7. The summed E-state index contributed by atoms with van der Waals surface area (Å²) in [6.07, 6.45) is 0. The molecule has 0 unspecified atom stereocenters. The van der Waals surface area contributed by atoms with Crippen molar-refractivity contribution in [2.45, 2.75) is 13.5 Å². The predicted molar refractivity (Wildman–Crippen MR) is 55.5 cm³/mol. The zero-order chi connectivity index (χ0) is 11.6. The van der Waals surface area contributed by atoms with Crippen LogP contribution in [0.2, 0.25) is 0 Å². The van der Waals surface area contributed by atoms with Crippen LogP contribution in [0.15, 0.2) is 12.1 Å². The van der Waals surface area contributed by atoms with Gasteiger partial charge in [0, 0.05) is 6.54 Å². The van der Waals surface area contributed by atoms with Gasteiger partial charge in [0.15, 0.2) is 0 Å². The second-order valence-corrected chi connectivity index (χ2v) is 3.78. The highest BCUT2D eigenvalue weighted by molar-refractivity contribution is 5.89. The highest BCUT2D eigenvalue weighted by Crippen LogP contribution is 2.17. The maximum absolute atomic E-state index is 13.1. The van der Waals surface area contributed by atoms with Crippen molar-refractivity contribution in [1.82, 2.24) is 4.90 Å². The lowest BCUT2D eigenvalue weighted by Gasteiger charge is -2.13. The molecule has 15 heavy (non-hydrogen) atoms. The van der Waals surface area contributed by atoms with Gasteiger partial charge in [0.2, 0.25) is 0 Å². The van der Waals surface area contributed by atoms with Gasteiger partial charge in [-0.05, 0) is 44.3 Å². The van der Waals surface area contributed by atoms with Crippen molar-refractivity contribution in [2.75, 3.05) is 14.1 Å². The first-order valence-corrected chi connectivity index (χ1v) is 4.59. The Kier molecular flexibility index (Phi) is 3.42. The predicted octanol–water partition coefficient (Wildman–Crippen LogP) is 1.89. The molecule has 1 aromatic rings. The third kappa shape index (κ3) is 2.76. The van der Waals surface area contributed by atoms with Crippen LogP contribution in [0.4, 0.5) is 4.39 Å². The van der Waals surface area contributed by atoms with E-state index in [1.807, 2.05) is 19.0 Å². The molecule has 0 atom stereocenters. The van der Waals surface area contributed by atoms with E-state index in [0.29, 0.717) is 17.7 Å². The van der Waals surface area contributed by atoms with Gasteiger partial charge in [0.25, 0.3) is 0 Å². The standard InChI is InChI=1S/C11H14FNO2/c1-7-8(6-13(2)3)4-9(12)5-10(7)11(14)15/h4-5H,6H2,1-3H3,(H,14,15). The average Bonchev–Trinajstić information content (AvgIpc) is 2.09. The number of nitrogens with zero attached hydrogens (tertiary/aromatic N) is 1. The molecule has 0 aliphatic rings. The van der Waals surface area contributed by atoms with E-state index in [0.717, 1.165) is 6.07 Å². The Morgan fingerprint density at radius 2 is 2.07 bits per heavy atom. The molecule has 0 aliphatic heterocycles. The molecule has 1 N–H and O–H groups in total. The van der Waals surface area contributed by atoms with Gasteiger partial charge < -0.3 is 10.0 Å². The minimum atomic E-state index is -1.09. The molecule has 0 bridgehead atoms. The van der Waals surface area contributed by atoms with Crippen LogP contribution in [0.25, 0.3) is 0 Å². The summed E-state index contributed by atoms with van der Waals surface area (Å²) in [5.74, 6) is -1.60. The molecule has 1 rings (SSSR count). The fourth-order valence-corrected chi connectivity index (χ4v) is 1.46. The lowest BCUT2D eigenvalue weighted by molar-refractivity contribution is 0.0695. The van der Waals surface area contributed by atoms with E-state index in [9.17, 15) is 9.18 Å². The molecule has 0 spiro atoms. The maximum Gasteiger partial charge on any atom is 0.336 e. The Bertz CT molecular complexity index is 388. The van der Waals surface area contributed by atoms with Crippen LogP contribution in [-0.2, 0) is 6.54 Å². The normalized spacial score (nSPS) is 10.7. The summed E-state index contributed by atoms with van der Waals surface area (Å²) in [6.45, 7) is 2.23. The van der Waals surface area contributed by atoms with E-state index in [2.05, 4.69) is 0 Å². The highest BCUT2D eigenvalue weighted by atomic mass is 19.1. The second kappa shape index (κ2) is 4.40. The van der Waals surface area contributed by atoms with Crippen molar-refractivity contribution >= 4 is 5.97 Å². The monoisotopic (exact) mass is 211 g/mol. The zero-order valence-electron chi connectivity index (χ0n) is 9.04. The minimum Gasteiger partial charge on any atom is -0.478 e. The molecular weight excluding hydrogens is 197 g/mol. The summed E-state index contributed by atoms with van der Waals surface area (Å²) >= 11 is 0. The number of hydrogen-bond acceptors (Lipinski definition) is 2. The number of hydrogen-bond donors (Lipinski definition) is 1. The average molecular weight is 211 g/mol. The lowest BCUT2D eigenvalue weighted by Crippen LogP contribution is -2.14. The van der Waals surface area contributed by atoms with Crippen LogP contribution < -0.4 is 0 Å². The van der Waals surface area contributed by atoms with Gasteiger partial charge in [-0.2, -0.15) is 0 Å². The van der Waals surface area contributed by atoms with Crippen molar-refractivity contribution < 1.29 is 14.3 Å². The number of halogens is 1. The molecule has 0 saturated carbocycles. The van der Waals surface area contributed by atoms with Gasteiger partial charge in [0.1, 0.15) is 5.82 Å². The number of carboxylic acids is 1. The molecule has 1 aromatic carbocycles. The van der Waals surface area contributed by atoms with Gasteiger partial charge >= 0.3 is 5.97 Å². The van der Waals surface area contributed by atoms with Crippen molar-refractivity contribution in [3.05, 3.63) is 34.6 Å². The van der Waals surface area contributed by atoms with Gasteiger partial charge in [-0.25, -0.2) is 9.18 Å². The number of rotatable bonds is 3. The van der Waals surface area contributed by atoms with Crippen molar-refractivity contribution in [1.29, 1.82) is 0 Å². The van der Waals surface area contributed by atoms with E-state index in [-0.39, 0.29) is 5.56 Å². The summed E-state index contributed by atoms with van der Waals surface area (Å²) in [7, 11) is 3.70. The smallest absolute Gasteiger partial charge is 0.336 e. The molecule has 82 valence electrons. The summed E-state index contributed by atoms with van der Waals surface area (Å²) in [5.41, 5.74) is 1.36. The van der Waals surface area contributed by atoms with Crippen LogP contribution in [-0.4, -0.2) is 30.1 Å². The Hall–Kier alpha value is -1.42. The van der Waals surface area contributed by atoms with Crippen LogP contribution in [0.1, 0.15) is 21.5 Å². The SMILES string of the molecule is Cc1c(CN(C)C)cc(F)cc1C(=O)O. The molecule has 0 saturated heterocycles. The number of aromatic carboxylic acids is 1. The molecule has 0 radical (unpaired) electrons. The molecule has 3 nitrogen and oxygen atoms in total. The van der Waals surface area contributed by atoms with E-state index in [4.69, 9.17) is 5.11 Å². The Balaban J connectivity index is 3.22. The molecule has 0 aliphatic carbocycles. The minimum absolute atomic E-state index is 0.0341. The second-order valence-electron chi connectivity index (χ2n) is 3.78. The summed E-state index contributed by atoms with van der Waals surface area (Å²) < 4.78 is 13.1. The van der Waals surface area contributed by atoms with E-state index in [1.54, 1.807) is 6.92 Å². The zero-order valence-corrected chi connectivity index (χ0v) is 9.04. The quantitative estimate of drug-likeness (QED) is 0.830. The Morgan fingerprint density at radius 1 is 1.47 bits per heavy atom. The van der Waals surface area contributed by atoms with E-state index in [1.165, 1.54) is 6.07 Å². The fourth-order valence-electron chi connectivity index (χ4n) is 1.46. The van der Waals surface area contributed by atoms with Crippen LogP contribution in [0.3, 0.4) is 0 Å². The third-order valence-corrected chi connectivity index (χ3v) is 2.20. The summed E-state index contributed by atoms with van der Waals surface area (Å²) in [6, 6.07) is 2.43. The topological polar surface area (TPSA) is 40.5 Å². The maximum atomic E-state index is 13.1. The van der Waals surface area contributed by atoms with E-state index < -0.39 is 11.8 Å². The number of carbonyl (C=O) groups is 1. The fraction of sp³-hybridized carbons (Fsp3) is 0.364. The molecular formula is C11H14FNO2. The van der Waals surface area contributed by atoms with Crippen molar-refractivity contribution in [3.8, 4) is 0 Å². The number of benzene rings is 1. The van der Waals surface area contributed by atoms with Crippen LogP contribution in [0, 0.1) is 12.7 Å². The Morgan fingerprint density at radius 3 is 2.53 bits per heavy atom. The highest BCUT2D eigenvalue weighted by Gasteiger charge is 2.13. The molecule has 4 heteroatoms. The molecule has 0 amide bonds. The number of carboxylic acid groups (broad SMARTS) is 1. The Labute approximate surface area is 88.1 Å². The first-order valence-electron chi connectivity index (χ1n) is 4.59. The third-order valence-electron chi connectivity index (χ3n) is 2.20. The van der Waals surface area contributed by atoms with Crippen molar-refractivity contribution in [3.63, 3.8) is 0 Å². The molecule has 0 heterocycles. The summed E-state index contributed by atoms with van der Waals surface area (Å²) in [5, 5.41) is 8.87. The first kappa shape index (κ1) is 11.7. The molecule has 0 aromatic heterocycles. The molecule has 0 fully saturated rings. The lowest BCUT2D eigenvalue weighted by atomic mass is 10.0. The van der Waals surface area contributed by atoms with Gasteiger partial charge in [0.05, 0.1) is 5.56 Å². The largest absolute Gasteiger partial charge is 0.478 e. The van der Waals surface area contributed by atoms with E-state index >= 15 is 0 Å². The van der Waals surface area contributed by atoms with Gasteiger partial charge in [-0.15, -0.1) is 0 Å². The van der Waals surface area contributed by atoms with Crippen LogP contribution in [0.5, 0.6) is 0 Å². The van der Waals surface area contributed by atoms with Crippen molar-refractivity contribution in [2.24, 2.45) is 0 Å². The first-order chi connectivity index (χ1) is 6.91. The van der Waals surface area contributed by atoms with Gasteiger partial charge in [-0.3, -0.25) is 0 Å². The van der Waals surface area contributed by atoms with Crippen LogP contribution >= 0.6 is 0 Å². The van der Waals surface area contributed by atoms with Gasteiger partial charge in [-0.1, -0.05) is 0 Å².